The number of hydrogen-bond donors (Lipinski definition) is 3. The van der Waals surface area contributed by atoms with Gasteiger partial charge in [0, 0.05) is 31.7 Å². The molecule has 2 rings (SSSR count). The van der Waals surface area contributed by atoms with Crippen molar-refractivity contribution in [3.8, 4) is 0 Å². The maximum absolute atomic E-state index is 11.5. The van der Waals surface area contributed by atoms with Gasteiger partial charge in [0.2, 0.25) is 0 Å². The lowest BCUT2D eigenvalue weighted by Gasteiger charge is -2.41. The van der Waals surface area contributed by atoms with E-state index in [9.17, 15) is 9.90 Å². The van der Waals surface area contributed by atoms with Crippen molar-refractivity contribution in [2.24, 2.45) is 0 Å². The standard InChI is InChI=1S/C14H27N3O2/c1-2-15-14(19)16-11-7-9-17(10-8-11)12-5-3-4-6-13(12)18/h11-13,18H,2-10H2,1H3,(H2,15,16,19). The van der Waals surface area contributed by atoms with Gasteiger partial charge in [0.15, 0.2) is 0 Å². The Morgan fingerprint density at radius 3 is 2.53 bits per heavy atom. The van der Waals surface area contributed by atoms with E-state index in [1.807, 2.05) is 6.92 Å². The van der Waals surface area contributed by atoms with Crippen LogP contribution >= 0.6 is 0 Å². The average Bonchev–Trinajstić information content (AvgIpc) is 2.41. The molecule has 1 aliphatic carbocycles. The van der Waals surface area contributed by atoms with Gasteiger partial charge in [-0.15, -0.1) is 0 Å². The number of nitrogens with zero attached hydrogens (tertiary/aromatic N) is 1. The highest BCUT2D eigenvalue weighted by Gasteiger charge is 2.31. The number of rotatable bonds is 3. The van der Waals surface area contributed by atoms with E-state index in [0.717, 1.165) is 45.2 Å². The zero-order valence-electron chi connectivity index (χ0n) is 11.9. The van der Waals surface area contributed by atoms with Crippen LogP contribution in [0.4, 0.5) is 4.79 Å². The minimum absolute atomic E-state index is 0.0568. The molecule has 110 valence electrons. The van der Waals surface area contributed by atoms with Crippen LogP contribution in [-0.2, 0) is 0 Å². The summed E-state index contributed by atoms with van der Waals surface area (Å²) in [6.45, 7) is 4.56. The van der Waals surface area contributed by atoms with E-state index in [2.05, 4.69) is 15.5 Å². The van der Waals surface area contributed by atoms with Crippen molar-refractivity contribution in [1.29, 1.82) is 0 Å². The zero-order valence-corrected chi connectivity index (χ0v) is 11.9. The van der Waals surface area contributed by atoms with Gasteiger partial charge in [0.1, 0.15) is 0 Å². The highest BCUT2D eigenvalue weighted by Crippen LogP contribution is 2.25. The first-order valence-corrected chi connectivity index (χ1v) is 7.67. The number of nitrogens with one attached hydrogen (secondary N) is 2. The van der Waals surface area contributed by atoms with Crippen LogP contribution in [-0.4, -0.2) is 53.9 Å². The van der Waals surface area contributed by atoms with E-state index in [-0.39, 0.29) is 18.2 Å². The van der Waals surface area contributed by atoms with E-state index >= 15 is 0 Å². The largest absolute Gasteiger partial charge is 0.391 e. The normalized spacial score (nSPS) is 30.0. The smallest absolute Gasteiger partial charge is 0.314 e. The molecule has 0 radical (unpaired) electrons. The van der Waals surface area contributed by atoms with E-state index < -0.39 is 0 Å². The maximum atomic E-state index is 11.5. The quantitative estimate of drug-likeness (QED) is 0.718. The molecule has 2 fully saturated rings. The van der Waals surface area contributed by atoms with Gasteiger partial charge >= 0.3 is 6.03 Å². The molecule has 0 aromatic carbocycles. The topological polar surface area (TPSA) is 64.6 Å². The van der Waals surface area contributed by atoms with Crippen LogP contribution in [0.25, 0.3) is 0 Å². The van der Waals surface area contributed by atoms with Crippen LogP contribution in [0, 0.1) is 0 Å². The second kappa shape index (κ2) is 7.10. The molecule has 1 heterocycles. The van der Waals surface area contributed by atoms with Crippen molar-refractivity contribution >= 4 is 6.03 Å². The molecule has 3 N–H and O–H groups in total. The number of aliphatic hydroxyl groups is 1. The van der Waals surface area contributed by atoms with Gasteiger partial charge in [-0.2, -0.15) is 0 Å². The fraction of sp³-hybridized carbons (Fsp3) is 0.929. The van der Waals surface area contributed by atoms with Crippen LogP contribution in [0.5, 0.6) is 0 Å². The summed E-state index contributed by atoms with van der Waals surface area (Å²) < 4.78 is 0. The molecule has 0 aromatic rings. The third-order valence-electron chi connectivity index (χ3n) is 4.37. The van der Waals surface area contributed by atoms with Crippen LogP contribution in [0.1, 0.15) is 45.4 Å². The molecule has 0 spiro atoms. The van der Waals surface area contributed by atoms with E-state index in [0.29, 0.717) is 12.6 Å². The maximum Gasteiger partial charge on any atom is 0.314 e. The predicted octanol–water partition coefficient (Wildman–Crippen LogP) is 1.07. The Labute approximate surface area is 115 Å². The van der Waals surface area contributed by atoms with Crippen molar-refractivity contribution in [2.45, 2.75) is 63.6 Å². The van der Waals surface area contributed by atoms with Gasteiger partial charge in [-0.1, -0.05) is 12.8 Å². The van der Waals surface area contributed by atoms with Gasteiger partial charge in [0.05, 0.1) is 6.10 Å². The lowest BCUT2D eigenvalue weighted by molar-refractivity contribution is 0.00777. The summed E-state index contributed by atoms with van der Waals surface area (Å²) in [5.74, 6) is 0. The summed E-state index contributed by atoms with van der Waals surface area (Å²) in [6, 6.07) is 0.571. The third-order valence-corrected chi connectivity index (χ3v) is 4.37. The lowest BCUT2D eigenvalue weighted by Crippen LogP contribution is -2.53. The molecule has 5 nitrogen and oxygen atoms in total. The number of aliphatic hydroxyl groups excluding tert-OH is 1. The van der Waals surface area contributed by atoms with Gasteiger partial charge in [0.25, 0.3) is 0 Å². The molecule has 2 unspecified atom stereocenters. The highest BCUT2D eigenvalue weighted by molar-refractivity contribution is 5.74. The Hall–Kier alpha value is -0.810. The number of urea groups is 1. The SMILES string of the molecule is CCNC(=O)NC1CCN(C2CCCCC2O)CC1. The monoisotopic (exact) mass is 269 g/mol. The number of piperidine rings is 1. The van der Waals surface area contributed by atoms with Crippen molar-refractivity contribution in [3.05, 3.63) is 0 Å². The van der Waals surface area contributed by atoms with Crippen LogP contribution < -0.4 is 10.6 Å². The molecule has 2 aliphatic rings. The van der Waals surface area contributed by atoms with Crippen molar-refractivity contribution < 1.29 is 9.90 Å². The molecule has 2 atom stereocenters. The van der Waals surface area contributed by atoms with Crippen molar-refractivity contribution in [1.82, 2.24) is 15.5 Å². The molecule has 5 heteroatoms. The molecule has 19 heavy (non-hydrogen) atoms. The fourth-order valence-electron chi connectivity index (χ4n) is 3.29. The van der Waals surface area contributed by atoms with Crippen LogP contribution in [0.3, 0.4) is 0 Å². The molecule has 0 aromatic heterocycles. The number of carbonyl (C=O) groups excluding carboxylic acids is 1. The summed E-state index contributed by atoms with van der Waals surface area (Å²) in [5, 5.41) is 15.9. The predicted molar refractivity (Wildman–Crippen MR) is 75.1 cm³/mol. The molecule has 1 saturated carbocycles. The summed E-state index contributed by atoms with van der Waals surface area (Å²) in [4.78, 5) is 13.9. The second-order valence-electron chi connectivity index (χ2n) is 5.73. The van der Waals surface area contributed by atoms with E-state index in [1.54, 1.807) is 0 Å². The van der Waals surface area contributed by atoms with Gasteiger partial charge < -0.3 is 15.7 Å². The summed E-state index contributed by atoms with van der Waals surface area (Å²) in [5.41, 5.74) is 0. The first-order chi connectivity index (χ1) is 9.20. The lowest BCUT2D eigenvalue weighted by atomic mass is 9.89. The molecular weight excluding hydrogens is 242 g/mol. The summed E-state index contributed by atoms with van der Waals surface area (Å²) >= 11 is 0. The minimum atomic E-state index is -0.151. The Kier molecular flexibility index (Phi) is 5.45. The number of amides is 2. The molecule has 2 amide bonds. The molecule has 1 saturated heterocycles. The van der Waals surface area contributed by atoms with E-state index in [4.69, 9.17) is 0 Å². The molecular formula is C14H27N3O2. The van der Waals surface area contributed by atoms with Gasteiger partial charge in [-0.25, -0.2) is 4.79 Å². The first-order valence-electron chi connectivity index (χ1n) is 7.67. The highest BCUT2D eigenvalue weighted by atomic mass is 16.3. The second-order valence-corrected chi connectivity index (χ2v) is 5.73. The van der Waals surface area contributed by atoms with Gasteiger partial charge in [-0.3, -0.25) is 4.90 Å². The fourth-order valence-corrected chi connectivity index (χ4v) is 3.29. The van der Waals surface area contributed by atoms with Crippen molar-refractivity contribution in [2.75, 3.05) is 19.6 Å². The zero-order chi connectivity index (χ0) is 13.7. The molecule has 1 aliphatic heterocycles. The number of carbonyl (C=O) groups is 1. The Balaban J connectivity index is 1.74. The average molecular weight is 269 g/mol. The van der Waals surface area contributed by atoms with Crippen LogP contribution in [0.15, 0.2) is 0 Å². The molecule has 0 bridgehead atoms. The Morgan fingerprint density at radius 2 is 1.89 bits per heavy atom. The summed E-state index contributed by atoms with van der Waals surface area (Å²) in [6.07, 6.45) is 6.28. The van der Waals surface area contributed by atoms with Crippen molar-refractivity contribution in [3.63, 3.8) is 0 Å². The minimum Gasteiger partial charge on any atom is -0.391 e. The number of hydrogen-bond acceptors (Lipinski definition) is 3. The van der Waals surface area contributed by atoms with E-state index in [1.165, 1.54) is 6.42 Å². The Morgan fingerprint density at radius 1 is 1.21 bits per heavy atom. The number of likely N-dealkylation sites (tertiary alicyclic amines) is 1. The third kappa shape index (κ3) is 4.08. The summed E-state index contributed by atoms with van der Waals surface area (Å²) in [7, 11) is 0. The van der Waals surface area contributed by atoms with Crippen LogP contribution in [0.2, 0.25) is 0 Å². The first kappa shape index (κ1) is 14.6. The van der Waals surface area contributed by atoms with Gasteiger partial charge in [-0.05, 0) is 32.6 Å². The Bertz CT molecular complexity index is 290.